The van der Waals surface area contributed by atoms with Crippen LogP contribution in [0, 0.1) is 0 Å². The number of esters is 2. The van der Waals surface area contributed by atoms with Crippen LogP contribution in [0.2, 0.25) is 5.02 Å². The summed E-state index contributed by atoms with van der Waals surface area (Å²) in [5.41, 5.74) is 1.32. The summed E-state index contributed by atoms with van der Waals surface area (Å²) in [6.07, 6.45) is 1.49. The Morgan fingerprint density at radius 2 is 1.96 bits per heavy atom. The van der Waals surface area contributed by atoms with E-state index >= 15 is 0 Å². The average Bonchev–Trinajstić information content (AvgIpc) is 2.92. The van der Waals surface area contributed by atoms with Crippen molar-refractivity contribution in [2.45, 2.75) is 6.92 Å². The lowest BCUT2D eigenvalue weighted by molar-refractivity contribution is -0.132. The number of carbonyl (C=O) groups is 2. The minimum absolute atomic E-state index is 0.121. The number of nitrogens with zero attached hydrogens (tertiary/aromatic N) is 1. The molecule has 5 nitrogen and oxygen atoms in total. The molecule has 1 aliphatic heterocycles. The summed E-state index contributed by atoms with van der Waals surface area (Å²) >= 11 is 6.13. The van der Waals surface area contributed by atoms with Crippen LogP contribution in [-0.4, -0.2) is 17.8 Å². The van der Waals surface area contributed by atoms with Crippen molar-refractivity contribution >= 4 is 35.5 Å². The quantitative estimate of drug-likeness (QED) is 0.486. The Kier molecular flexibility index (Phi) is 4.44. The van der Waals surface area contributed by atoms with Gasteiger partial charge in [0.1, 0.15) is 5.75 Å². The molecule has 0 saturated carbocycles. The molecule has 6 heteroatoms. The van der Waals surface area contributed by atoms with Crippen molar-refractivity contribution in [3.8, 4) is 5.75 Å². The van der Waals surface area contributed by atoms with Gasteiger partial charge in [0.2, 0.25) is 5.90 Å². The maximum Gasteiger partial charge on any atom is 0.363 e. The summed E-state index contributed by atoms with van der Waals surface area (Å²) in [6, 6.07) is 13.8. The van der Waals surface area contributed by atoms with Crippen LogP contribution in [0.5, 0.6) is 5.75 Å². The lowest BCUT2D eigenvalue weighted by Crippen LogP contribution is -2.05. The number of benzene rings is 2. The number of rotatable bonds is 3. The number of halogens is 1. The van der Waals surface area contributed by atoms with Gasteiger partial charge in [0, 0.05) is 17.5 Å². The molecule has 2 aromatic rings. The topological polar surface area (TPSA) is 65.0 Å². The Labute approximate surface area is 143 Å². The second-order valence-corrected chi connectivity index (χ2v) is 5.39. The monoisotopic (exact) mass is 341 g/mol. The molecule has 0 spiro atoms. The molecule has 24 heavy (non-hydrogen) atoms. The summed E-state index contributed by atoms with van der Waals surface area (Å²) in [6.45, 7) is 1.30. The highest BCUT2D eigenvalue weighted by Gasteiger charge is 2.24. The van der Waals surface area contributed by atoms with Crippen molar-refractivity contribution in [3.05, 3.63) is 70.4 Å². The Balaban J connectivity index is 1.95. The van der Waals surface area contributed by atoms with Gasteiger partial charge in [0.25, 0.3) is 0 Å². The van der Waals surface area contributed by atoms with Crippen molar-refractivity contribution in [1.29, 1.82) is 0 Å². The first-order chi connectivity index (χ1) is 11.5. The highest BCUT2D eigenvalue weighted by atomic mass is 35.5. The van der Waals surface area contributed by atoms with Gasteiger partial charge in [0.05, 0.1) is 0 Å². The lowest BCUT2D eigenvalue weighted by atomic mass is 10.2. The van der Waals surface area contributed by atoms with Crippen LogP contribution in [0.15, 0.2) is 59.2 Å². The Morgan fingerprint density at radius 1 is 1.21 bits per heavy atom. The predicted molar refractivity (Wildman–Crippen MR) is 89.8 cm³/mol. The van der Waals surface area contributed by atoms with Crippen molar-refractivity contribution < 1.29 is 19.1 Å². The van der Waals surface area contributed by atoms with Crippen LogP contribution in [0.25, 0.3) is 6.08 Å². The normalized spacial score (nSPS) is 15.2. The maximum atomic E-state index is 12.0. The number of hydrogen-bond acceptors (Lipinski definition) is 5. The van der Waals surface area contributed by atoms with E-state index in [0.717, 1.165) is 0 Å². The van der Waals surface area contributed by atoms with E-state index in [4.69, 9.17) is 21.1 Å². The van der Waals surface area contributed by atoms with Gasteiger partial charge in [-0.05, 0) is 42.0 Å². The maximum absolute atomic E-state index is 12.0. The first-order valence-corrected chi connectivity index (χ1v) is 7.46. The van der Waals surface area contributed by atoms with Crippen LogP contribution in [0.4, 0.5) is 0 Å². The lowest BCUT2D eigenvalue weighted by Gasteiger charge is -2.04. The van der Waals surface area contributed by atoms with E-state index in [9.17, 15) is 9.59 Å². The smallest absolute Gasteiger partial charge is 0.363 e. The van der Waals surface area contributed by atoms with Crippen LogP contribution in [0.3, 0.4) is 0 Å². The molecule has 0 unspecified atom stereocenters. The zero-order chi connectivity index (χ0) is 17.1. The summed E-state index contributed by atoms with van der Waals surface area (Å²) in [5, 5.41) is 0.398. The highest BCUT2D eigenvalue weighted by Crippen LogP contribution is 2.26. The van der Waals surface area contributed by atoms with Crippen molar-refractivity contribution in [3.63, 3.8) is 0 Å². The number of hydrogen-bond donors (Lipinski definition) is 0. The van der Waals surface area contributed by atoms with E-state index in [0.29, 0.717) is 21.9 Å². The largest absolute Gasteiger partial charge is 0.427 e. The number of cyclic esters (lactones) is 1. The summed E-state index contributed by atoms with van der Waals surface area (Å²) in [5.74, 6) is -0.445. The van der Waals surface area contributed by atoms with Gasteiger partial charge in [-0.15, -0.1) is 0 Å². The molecule has 1 heterocycles. The van der Waals surface area contributed by atoms with Crippen molar-refractivity contribution in [2.75, 3.05) is 0 Å². The van der Waals surface area contributed by atoms with E-state index in [-0.39, 0.29) is 11.6 Å². The van der Waals surface area contributed by atoms with Gasteiger partial charge in [-0.3, -0.25) is 4.79 Å². The van der Waals surface area contributed by atoms with Crippen molar-refractivity contribution in [1.82, 2.24) is 0 Å². The standard InChI is InChI=1S/C18H12ClNO4/c1-11(21)23-14-7-8-15(19)13(9-14)10-16-18(22)24-17(20-16)12-5-3-2-4-6-12/h2-10H,1H3. The molecule has 0 radical (unpaired) electrons. The van der Waals surface area contributed by atoms with Crippen LogP contribution < -0.4 is 4.74 Å². The SMILES string of the molecule is CC(=O)Oc1ccc(Cl)c(C=C2N=C(c3ccccc3)OC2=O)c1. The molecular formula is C18H12ClNO4. The van der Waals surface area contributed by atoms with E-state index in [1.165, 1.54) is 13.0 Å². The molecule has 0 amide bonds. The van der Waals surface area contributed by atoms with Gasteiger partial charge in [0.15, 0.2) is 5.70 Å². The average molecular weight is 342 g/mol. The second-order valence-electron chi connectivity index (χ2n) is 4.98. The van der Waals surface area contributed by atoms with Crippen LogP contribution in [0.1, 0.15) is 18.1 Å². The van der Waals surface area contributed by atoms with Gasteiger partial charge in [-0.2, -0.15) is 0 Å². The molecule has 0 N–H and O–H groups in total. The highest BCUT2D eigenvalue weighted by molar-refractivity contribution is 6.32. The molecule has 2 aromatic carbocycles. The minimum Gasteiger partial charge on any atom is -0.427 e. The molecule has 0 aliphatic carbocycles. The summed E-state index contributed by atoms with van der Waals surface area (Å²) < 4.78 is 10.2. The Hall–Kier alpha value is -2.92. The third-order valence-electron chi connectivity index (χ3n) is 3.16. The van der Waals surface area contributed by atoms with Gasteiger partial charge in [-0.1, -0.05) is 29.8 Å². The zero-order valence-electron chi connectivity index (χ0n) is 12.7. The third kappa shape index (κ3) is 3.52. The Bertz CT molecular complexity index is 872. The van der Waals surface area contributed by atoms with Crippen molar-refractivity contribution in [2.24, 2.45) is 4.99 Å². The first-order valence-electron chi connectivity index (χ1n) is 7.09. The molecule has 0 saturated heterocycles. The number of carbonyl (C=O) groups excluding carboxylic acids is 2. The van der Waals surface area contributed by atoms with Gasteiger partial charge in [-0.25, -0.2) is 9.79 Å². The minimum atomic E-state index is -0.567. The van der Waals surface area contributed by atoms with E-state index in [1.807, 2.05) is 18.2 Å². The third-order valence-corrected chi connectivity index (χ3v) is 3.51. The molecule has 0 atom stereocenters. The van der Waals surface area contributed by atoms with Gasteiger partial charge >= 0.3 is 11.9 Å². The molecule has 0 bridgehead atoms. The van der Waals surface area contributed by atoms with Crippen LogP contribution >= 0.6 is 11.6 Å². The van der Waals surface area contributed by atoms with E-state index < -0.39 is 11.9 Å². The number of aliphatic imine (C=N–C) groups is 1. The second kappa shape index (κ2) is 6.68. The first kappa shape index (κ1) is 16.0. The fraction of sp³-hybridized carbons (Fsp3) is 0.0556. The van der Waals surface area contributed by atoms with E-state index in [1.54, 1.807) is 30.3 Å². The van der Waals surface area contributed by atoms with Gasteiger partial charge < -0.3 is 9.47 Å². The van der Waals surface area contributed by atoms with E-state index in [2.05, 4.69) is 4.99 Å². The molecule has 3 rings (SSSR count). The summed E-state index contributed by atoms with van der Waals surface area (Å²) in [7, 11) is 0. The molecule has 120 valence electrons. The Morgan fingerprint density at radius 3 is 2.67 bits per heavy atom. The molecule has 0 aromatic heterocycles. The fourth-order valence-corrected chi connectivity index (χ4v) is 2.29. The number of ether oxygens (including phenoxy) is 2. The molecular weight excluding hydrogens is 330 g/mol. The zero-order valence-corrected chi connectivity index (χ0v) is 13.4. The fourth-order valence-electron chi connectivity index (χ4n) is 2.12. The predicted octanol–water partition coefficient (Wildman–Crippen LogP) is 3.61. The molecule has 1 aliphatic rings. The summed E-state index contributed by atoms with van der Waals surface area (Å²) in [4.78, 5) is 27.2. The van der Waals surface area contributed by atoms with Crippen LogP contribution in [-0.2, 0) is 14.3 Å². The molecule has 0 fully saturated rings.